The molecular formula is C7H11ClN2O3S2. The molecule has 1 aromatic heterocycles. The molecule has 5 nitrogen and oxygen atoms in total. The minimum absolute atomic E-state index is 0.0906. The van der Waals surface area contributed by atoms with Gasteiger partial charge in [0.1, 0.15) is 0 Å². The third kappa shape index (κ3) is 3.12. The fourth-order valence-electron chi connectivity index (χ4n) is 0.956. The number of halogens is 1. The normalized spacial score (nSPS) is 14.1. The van der Waals surface area contributed by atoms with E-state index >= 15 is 0 Å². The molecule has 0 saturated carbocycles. The molecule has 15 heavy (non-hydrogen) atoms. The Labute approximate surface area is 97.2 Å². The third-order valence-corrected chi connectivity index (χ3v) is 5.06. The highest BCUT2D eigenvalue weighted by molar-refractivity contribution is 7.91. The fraction of sp³-hybridized carbons (Fsp3) is 0.571. The first-order valence-corrected chi connectivity index (χ1v) is 6.80. The van der Waals surface area contributed by atoms with E-state index in [4.69, 9.17) is 16.7 Å². The van der Waals surface area contributed by atoms with E-state index in [1.807, 2.05) is 0 Å². The number of aromatic nitrogens is 1. The van der Waals surface area contributed by atoms with Crippen LogP contribution in [0.1, 0.15) is 12.6 Å². The predicted octanol–water partition coefficient (Wildman–Crippen LogP) is 0.764. The van der Waals surface area contributed by atoms with Gasteiger partial charge >= 0.3 is 0 Å². The van der Waals surface area contributed by atoms with E-state index < -0.39 is 16.1 Å². The van der Waals surface area contributed by atoms with Gasteiger partial charge in [0.25, 0.3) is 10.0 Å². The van der Waals surface area contributed by atoms with Crippen LogP contribution in [0.3, 0.4) is 0 Å². The summed E-state index contributed by atoms with van der Waals surface area (Å²) in [4.78, 5) is 3.81. The molecule has 0 fully saturated rings. The zero-order valence-electron chi connectivity index (χ0n) is 8.19. The van der Waals surface area contributed by atoms with Crippen LogP contribution in [0.5, 0.6) is 0 Å². The molecule has 2 N–H and O–H groups in total. The number of nitrogens with zero attached hydrogens (tertiary/aromatic N) is 1. The van der Waals surface area contributed by atoms with Gasteiger partial charge in [0, 0.05) is 6.04 Å². The Balaban J connectivity index is 3.01. The van der Waals surface area contributed by atoms with Crippen molar-refractivity contribution in [2.24, 2.45) is 0 Å². The van der Waals surface area contributed by atoms with Gasteiger partial charge in [0.15, 0.2) is 8.68 Å². The summed E-state index contributed by atoms with van der Waals surface area (Å²) in [7, 11) is -3.62. The molecule has 8 heteroatoms. The number of aliphatic hydroxyl groups excluding tert-OH is 1. The summed E-state index contributed by atoms with van der Waals surface area (Å²) in [5, 5.41) is 8.75. The van der Waals surface area contributed by atoms with Gasteiger partial charge in [-0.05, 0) is 13.8 Å². The first-order valence-electron chi connectivity index (χ1n) is 4.13. The minimum atomic E-state index is -3.62. The number of thiazole rings is 1. The van der Waals surface area contributed by atoms with Crippen LogP contribution in [0.15, 0.2) is 4.21 Å². The first kappa shape index (κ1) is 12.9. The van der Waals surface area contributed by atoms with Crippen LogP contribution in [-0.2, 0) is 10.0 Å². The predicted molar refractivity (Wildman–Crippen MR) is 58.7 cm³/mol. The molecule has 0 aliphatic carbocycles. The highest BCUT2D eigenvalue weighted by Gasteiger charge is 2.22. The molecule has 0 aromatic carbocycles. The number of hydrogen-bond donors (Lipinski definition) is 2. The zero-order chi connectivity index (χ0) is 11.6. The van der Waals surface area contributed by atoms with Gasteiger partial charge in [-0.3, -0.25) is 0 Å². The van der Waals surface area contributed by atoms with Gasteiger partial charge in [-0.1, -0.05) is 22.9 Å². The monoisotopic (exact) mass is 270 g/mol. The van der Waals surface area contributed by atoms with Crippen molar-refractivity contribution in [2.75, 3.05) is 6.61 Å². The summed E-state index contributed by atoms with van der Waals surface area (Å²) in [5.41, 5.74) is 0.364. The molecule has 0 aliphatic heterocycles. The molecule has 0 amide bonds. The van der Waals surface area contributed by atoms with Crippen LogP contribution < -0.4 is 4.72 Å². The number of sulfonamides is 1. The second-order valence-corrected chi connectivity index (χ2v) is 6.54. The summed E-state index contributed by atoms with van der Waals surface area (Å²) in [6.45, 7) is 2.88. The van der Waals surface area contributed by atoms with Crippen molar-refractivity contribution in [3.63, 3.8) is 0 Å². The van der Waals surface area contributed by atoms with Crippen molar-refractivity contribution < 1.29 is 13.5 Å². The molecule has 0 radical (unpaired) electrons. The highest BCUT2D eigenvalue weighted by Crippen LogP contribution is 2.26. The molecule has 0 spiro atoms. The van der Waals surface area contributed by atoms with E-state index in [1.165, 1.54) is 0 Å². The quantitative estimate of drug-likeness (QED) is 0.847. The van der Waals surface area contributed by atoms with Crippen molar-refractivity contribution in [1.82, 2.24) is 9.71 Å². The molecule has 0 aliphatic rings. The van der Waals surface area contributed by atoms with Gasteiger partial charge in [0.05, 0.1) is 12.3 Å². The van der Waals surface area contributed by atoms with Gasteiger partial charge in [-0.2, -0.15) is 0 Å². The van der Waals surface area contributed by atoms with E-state index in [0.29, 0.717) is 5.69 Å². The molecule has 0 bridgehead atoms. The minimum Gasteiger partial charge on any atom is -0.395 e. The summed E-state index contributed by atoms with van der Waals surface area (Å²) < 4.78 is 26.0. The van der Waals surface area contributed by atoms with Crippen molar-refractivity contribution in [3.8, 4) is 0 Å². The number of hydrogen-bond acceptors (Lipinski definition) is 5. The van der Waals surface area contributed by atoms with Crippen molar-refractivity contribution >= 4 is 33.0 Å². The van der Waals surface area contributed by atoms with Crippen molar-refractivity contribution in [3.05, 3.63) is 10.2 Å². The highest BCUT2D eigenvalue weighted by atomic mass is 35.5. The summed E-state index contributed by atoms with van der Waals surface area (Å²) in [6.07, 6.45) is 0. The Morgan fingerprint density at radius 2 is 2.27 bits per heavy atom. The number of rotatable bonds is 4. The topological polar surface area (TPSA) is 79.3 Å². The summed E-state index contributed by atoms with van der Waals surface area (Å²) in [5.74, 6) is 0. The molecule has 1 aromatic rings. The fourth-order valence-corrected chi connectivity index (χ4v) is 3.95. The Kier molecular flexibility index (Phi) is 4.07. The van der Waals surface area contributed by atoms with Crippen LogP contribution in [0.4, 0.5) is 0 Å². The van der Waals surface area contributed by atoms with E-state index in [1.54, 1.807) is 13.8 Å². The van der Waals surface area contributed by atoms with E-state index in [-0.39, 0.29) is 15.3 Å². The average Bonchev–Trinajstić information content (AvgIpc) is 2.45. The largest absolute Gasteiger partial charge is 0.395 e. The third-order valence-electron chi connectivity index (χ3n) is 1.60. The lowest BCUT2D eigenvalue weighted by Crippen LogP contribution is -2.34. The van der Waals surface area contributed by atoms with Gasteiger partial charge in [0.2, 0.25) is 0 Å². The lowest BCUT2D eigenvalue weighted by molar-refractivity contribution is 0.265. The van der Waals surface area contributed by atoms with E-state index in [9.17, 15) is 8.42 Å². The Hall–Kier alpha value is -0.210. The van der Waals surface area contributed by atoms with Crippen LogP contribution in [-0.4, -0.2) is 31.2 Å². The Morgan fingerprint density at radius 3 is 2.67 bits per heavy atom. The van der Waals surface area contributed by atoms with Crippen LogP contribution >= 0.6 is 22.9 Å². The molecule has 1 unspecified atom stereocenters. The Morgan fingerprint density at radius 1 is 1.67 bits per heavy atom. The summed E-state index contributed by atoms with van der Waals surface area (Å²) in [6, 6.07) is -0.532. The van der Waals surface area contributed by atoms with Crippen LogP contribution in [0, 0.1) is 6.92 Å². The maximum Gasteiger partial charge on any atom is 0.252 e. The Bertz CT molecular complexity index is 443. The van der Waals surface area contributed by atoms with Gasteiger partial charge in [-0.25, -0.2) is 18.1 Å². The van der Waals surface area contributed by atoms with Crippen molar-refractivity contribution in [1.29, 1.82) is 0 Å². The van der Waals surface area contributed by atoms with Crippen LogP contribution in [0.25, 0.3) is 0 Å². The van der Waals surface area contributed by atoms with Crippen LogP contribution in [0.2, 0.25) is 4.47 Å². The molecule has 1 atom stereocenters. The molecule has 86 valence electrons. The number of aliphatic hydroxyl groups is 1. The molecule has 1 heterocycles. The van der Waals surface area contributed by atoms with E-state index in [2.05, 4.69) is 9.71 Å². The average molecular weight is 271 g/mol. The standard InChI is InChI=1S/C7H11ClN2O3S2/c1-4(3-11)10-15(12,13)6-5(2)9-7(8)14-6/h4,10-11H,3H2,1-2H3. The van der Waals surface area contributed by atoms with E-state index in [0.717, 1.165) is 11.3 Å². The zero-order valence-corrected chi connectivity index (χ0v) is 10.6. The maximum absolute atomic E-state index is 11.7. The van der Waals surface area contributed by atoms with Crippen molar-refractivity contribution in [2.45, 2.75) is 24.1 Å². The lowest BCUT2D eigenvalue weighted by Gasteiger charge is -2.09. The van der Waals surface area contributed by atoms with Gasteiger partial charge < -0.3 is 5.11 Å². The van der Waals surface area contributed by atoms with Gasteiger partial charge in [-0.15, -0.1) is 0 Å². The smallest absolute Gasteiger partial charge is 0.252 e. The number of aryl methyl sites for hydroxylation is 1. The number of nitrogens with one attached hydrogen (secondary N) is 1. The molecular weight excluding hydrogens is 260 g/mol. The maximum atomic E-state index is 11.7. The summed E-state index contributed by atoms with van der Waals surface area (Å²) >= 11 is 6.50. The second-order valence-electron chi connectivity index (χ2n) is 3.04. The molecule has 0 saturated heterocycles. The lowest BCUT2D eigenvalue weighted by atomic mass is 10.4. The first-order chi connectivity index (χ1) is 6.86. The second kappa shape index (κ2) is 4.75. The molecule has 1 rings (SSSR count). The SMILES string of the molecule is Cc1nc(Cl)sc1S(=O)(=O)NC(C)CO.